The lowest BCUT2D eigenvalue weighted by Gasteiger charge is -1.68. The molecule has 0 aliphatic rings. The third-order valence-corrected chi connectivity index (χ3v) is 0.866. The lowest BCUT2D eigenvalue weighted by molar-refractivity contribution is 1.11. The third kappa shape index (κ3) is 2.43. The lowest BCUT2D eigenvalue weighted by Crippen LogP contribution is -1.54. The summed E-state index contributed by atoms with van der Waals surface area (Å²) >= 11 is 0. The van der Waals surface area contributed by atoms with Gasteiger partial charge in [0.25, 0.3) is 0 Å². The van der Waals surface area contributed by atoms with Crippen molar-refractivity contribution in [2.75, 3.05) is 6.16 Å². The first-order chi connectivity index (χ1) is 1.91. The normalized spacial score (nSPS) is 7.50. The van der Waals surface area contributed by atoms with E-state index in [0.29, 0.717) is 0 Å². The van der Waals surface area contributed by atoms with E-state index < -0.39 is 0 Å². The molecule has 26 valence electrons. The second-order valence-electron chi connectivity index (χ2n) is 0.789. The SMILES string of the molecule is CCCP. The fourth-order valence-corrected chi connectivity index (χ4v) is 0. The molecular weight excluding hydrogens is 67.0 g/mol. The molecule has 0 amide bonds. The molecule has 0 spiro atoms. The van der Waals surface area contributed by atoms with Gasteiger partial charge < -0.3 is 0 Å². The van der Waals surface area contributed by atoms with Crippen LogP contribution < -0.4 is 0 Å². The van der Waals surface area contributed by atoms with Crippen LogP contribution in [0.2, 0.25) is 0 Å². The first-order valence-electron chi connectivity index (χ1n) is 1.62. The van der Waals surface area contributed by atoms with Crippen LogP contribution in [0.3, 0.4) is 0 Å². The van der Waals surface area contributed by atoms with Crippen LogP contribution in [0.25, 0.3) is 0 Å². The highest BCUT2D eigenvalue weighted by atomic mass is 31.0. The molecule has 0 nitrogen and oxygen atoms in total. The minimum Gasteiger partial charge on any atom is -0.138 e. The maximum atomic E-state index is 2.66. The van der Waals surface area contributed by atoms with Gasteiger partial charge in [-0.1, -0.05) is 13.3 Å². The molecule has 0 N–H and O–H groups in total. The van der Waals surface area contributed by atoms with Crippen molar-refractivity contribution in [2.45, 2.75) is 13.3 Å². The Kier molecular flexibility index (Phi) is 3.80. The van der Waals surface area contributed by atoms with E-state index in [9.17, 15) is 0 Å². The highest BCUT2D eigenvalue weighted by Crippen LogP contribution is 1.80. The van der Waals surface area contributed by atoms with Crippen molar-refractivity contribution in [3.63, 3.8) is 0 Å². The fraction of sp³-hybridized carbons (Fsp3) is 1.00. The maximum absolute atomic E-state index is 2.66. The molecule has 0 aromatic carbocycles. The minimum atomic E-state index is 1.24. The van der Waals surface area contributed by atoms with Crippen molar-refractivity contribution in [2.24, 2.45) is 0 Å². The molecule has 0 rings (SSSR count). The van der Waals surface area contributed by atoms with Crippen LogP contribution in [-0.2, 0) is 0 Å². The second-order valence-corrected chi connectivity index (χ2v) is 1.37. The number of hydrogen-bond donors (Lipinski definition) is 0. The Morgan fingerprint density at radius 2 is 2.00 bits per heavy atom. The monoisotopic (exact) mass is 76.0 g/mol. The average Bonchev–Trinajstić information content (AvgIpc) is 1.37. The van der Waals surface area contributed by atoms with Crippen molar-refractivity contribution in [3.05, 3.63) is 0 Å². The molecule has 1 unspecified atom stereocenters. The second kappa shape index (κ2) is 3.43. The zero-order valence-corrected chi connectivity index (χ0v) is 4.15. The molecule has 0 heterocycles. The number of rotatable bonds is 1. The first kappa shape index (κ1) is 4.43. The fourth-order valence-electron chi connectivity index (χ4n) is 0. The van der Waals surface area contributed by atoms with Crippen LogP contribution in [0.4, 0.5) is 0 Å². The van der Waals surface area contributed by atoms with Gasteiger partial charge in [0, 0.05) is 0 Å². The molecule has 1 atom stereocenters. The molecule has 0 aromatic rings. The van der Waals surface area contributed by atoms with E-state index >= 15 is 0 Å². The average molecular weight is 76.1 g/mol. The summed E-state index contributed by atoms with van der Waals surface area (Å²) in [6.45, 7) is 2.16. The maximum Gasteiger partial charge on any atom is -0.0384 e. The Bertz CT molecular complexity index is 5.25. The summed E-state index contributed by atoms with van der Waals surface area (Å²) in [5.74, 6) is 0. The van der Waals surface area contributed by atoms with Gasteiger partial charge in [0.1, 0.15) is 0 Å². The molecule has 0 fully saturated rings. The summed E-state index contributed by atoms with van der Waals surface area (Å²) in [7, 11) is 2.66. The van der Waals surface area contributed by atoms with E-state index in [2.05, 4.69) is 16.2 Å². The van der Waals surface area contributed by atoms with Gasteiger partial charge in [0.05, 0.1) is 0 Å². The van der Waals surface area contributed by atoms with Gasteiger partial charge in [-0.2, -0.15) is 0 Å². The molecule has 1 heteroatoms. The van der Waals surface area contributed by atoms with Crippen molar-refractivity contribution >= 4 is 9.24 Å². The zero-order valence-electron chi connectivity index (χ0n) is 2.99. The Morgan fingerprint density at radius 3 is 2.00 bits per heavy atom. The van der Waals surface area contributed by atoms with Gasteiger partial charge in [-0.15, -0.1) is 9.24 Å². The van der Waals surface area contributed by atoms with E-state index in [4.69, 9.17) is 0 Å². The van der Waals surface area contributed by atoms with Crippen molar-refractivity contribution in [1.82, 2.24) is 0 Å². The van der Waals surface area contributed by atoms with E-state index in [-0.39, 0.29) is 0 Å². The van der Waals surface area contributed by atoms with E-state index in [1.807, 2.05) is 0 Å². The summed E-state index contributed by atoms with van der Waals surface area (Å²) in [4.78, 5) is 0. The standard InChI is InChI=1S/C3H9P/c1-2-3-4/h2-4H2,1H3. The lowest BCUT2D eigenvalue weighted by atomic mass is 10.6. The Morgan fingerprint density at radius 1 is 1.75 bits per heavy atom. The molecule has 0 bridgehead atoms. The largest absolute Gasteiger partial charge is 0.138 e. The molecule has 0 radical (unpaired) electrons. The first-order valence-corrected chi connectivity index (χ1v) is 2.43. The van der Waals surface area contributed by atoms with Gasteiger partial charge in [0.2, 0.25) is 0 Å². The Labute approximate surface area is 29.8 Å². The van der Waals surface area contributed by atoms with Gasteiger partial charge in [0.15, 0.2) is 0 Å². The Hall–Kier alpha value is 0.430. The van der Waals surface area contributed by atoms with Crippen LogP contribution in [0.15, 0.2) is 0 Å². The smallest absolute Gasteiger partial charge is 0.0384 e. The molecule has 0 aliphatic carbocycles. The van der Waals surface area contributed by atoms with Crippen LogP contribution in [0, 0.1) is 0 Å². The van der Waals surface area contributed by atoms with Crippen LogP contribution in [0.1, 0.15) is 13.3 Å². The Balaban J connectivity index is 1.97. The van der Waals surface area contributed by atoms with Gasteiger partial charge in [-0.05, 0) is 6.16 Å². The van der Waals surface area contributed by atoms with Gasteiger partial charge >= 0.3 is 0 Å². The molecule has 0 aliphatic heterocycles. The predicted octanol–water partition coefficient (Wildman–Crippen LogP) is 1.27. The van der Waals surface area contributed by atoms with Crippen LogP contribution in [0.5, 0.6) is 0 Å². The summed E-state index contributed by atoms with van der Waals surface area (Å²) < 4.78 is 0. The third-order valence-electron chi connectivity index (χ3n) is 0.289. The zero-order chi connectivity index (χ0) is 3.41. The molecule has 0 aromatic heterocycles. The van der Waals surface area contributed by atoms with E-state index in [0.717, 1.165) is 0 Å². The van der Waals surface area contributed by atoms with Gasteiger partial charge in [-0.3, -0.25) is 0 Å². The van der Waals surface area contributed by atoms with Crippen molar-refractivity contribution < 1.29 is 0 Å². The molecule has 4 heavy (non-hydrogen) atoms. The van der Waals surface area contributed by atoms with Gasteiger partial charge in [-0.25, -0.2) is 0 Å². The summed E-state index contributed by atoms with van der Waals surface area (Å²) in [6.07, 6.45) is 2.52. The molecular formula is C3H9P. The van der Waals surface area contributed by atoms with Crippen LogP contribution in [-0.4, -0.2) is 6.16 Å². The molecule has 0 saturated heterocycles. The van der Waals surface area contributed by atoms with Crippen molar-refractivity contribution in [1.29, 1.82) is 0 Å². The van der Waals surface area contributed by atoms with E-state index in [1.165, 1.54) is 12.6 Å². The molecule has 0 saturated carbocycles. The summed E-state index contributed by atoms with van der Waals surface area (Å²) in [5, 5.41) is 0. The quantitative estimate of drug-likeness (QED) is 0.412. The topological polar surface area (TPSA) is 0 Å². The highest BCUT2D eigenvalue weighted by Gasteiger charge is 1.56. The van der Waals surface area contributed by atoms with Crippen molar-refractivity contribution in [3.8, 4) is 0 Å². The predicted molar refractivity (Wildman–Crippen MR) is 24.9 cm³/mol. The minimum absolute atomic E-state index is 1.24. The van der Waals surface area contributed by atoms with Crippen LogP contribution >= 0.6 is 9.24 Å². The number of hydrogen-bond acceptors (Lipinski definition) is 0. The summed E-state index contributed by atoms with van der Waals surface area (Å²) in [5.41, 5.74) is 0. The highest BCUT2D eigenvalue weighted by molar-refractivity contribution is 7.16. The summed E-state index contributed by atoms with van der Waals surface area (Å²) in [6, 6.07) is 0. The van der Waals surface area contributed by atoms with E-state index in [1.54, 1.807) is 0 Å².